The van der Waals surface area contributed by atoms with Crippen molar-refractivity contribution in [1.82, 2.24) is 0 Å². The van der Waals surface area contributed by atoms with Gasteiger partial charge in [0, 0.05) is 0 Å². The Morgan fingerprint density at radius 3 is 2.30 bits per heavy atom. The largest absolute Gasteiger partial charge is 0.453 e. The molecule has 0 aromatic heterocycles. The summed E-state index contributed by atoms with van der Waals surface area (Å²) in [6.07, 6.45) is -3.25. The van der Waals surface area contributed by atoms with Gasteiger partial charge in [-0.1, -0.05) is 16.8 Å². The number of oxime groups is 1. The van der Waals surface area contributed by atoms with Gasteiger partial charge >= 0.3 is 6.18 Å². The zero-order valence-electron chi connectivity index (χ0n) is 11.7. The second-order valence-corrected chi connectivity index (χ2v) is 4.76. The molecule has 0 N–H and O–H groups in total. The molecule has 0 spiro atoms. The average Bonchev–Trinajstić information content (AvgIpc) is 2.49. The van der Waals surface area contributed by atoms with Gasteiger partial charge in [0.25, 0.3) is 0 Å². The van der Waals surface area contributed by atoms with Crippen molar-refractivity contribution in [3.05, 3.63) is 58.4 Å². The first-order chi connectivity index (χ1) is 10.8. The Labute approximate surface area is 134 Å². The van der Waals surface area contributed by atoms with Crippen molar-refractivity contribution in [3.63, 3.8) is 0 Å². The van der Waals surface area contributed by atoms with Crippen LogP contribution < -0.4 is 4.74 Å². The molecule has 0 amide bonds. The standard InChI is InChI=1S/C15H10ClF4NO2/c1-22-21-8-9-2-4-11(5-3-9)23-14-12(16)6-10(7-13(14)17)15(18,19)20/h2-8H,1H3. The van der Waals surface area contributed by atoms with Crippen molar-refractivity contribution in [3.8, 4) is 11.5 Å². The topological polar surface area (TPSA) is 30.8 Å². The van der Waals surface area contributed by atoms with Gasteiger partial charge in [-0.3, -0.25) is 0 Å². The van der Waals surface area contributed by atoms with Crippen LogP contribution in [0.25, 0.3) is 0 Å². The molecule has 0 saturated carbocycles. The monoisotopic (exact) mass is 347 g/mol. The molecule has 0 heterocycles. The van der Waals surface area contributed by atoms with Crippen molar-refractivity contribution in [2.75, 3.05) is 7.11 Å². The molecule has 0 aliphatic carbocycles. The third-order valence-electron chi connectivity index (χ3n) is 2.73. The van der Waals surface area contributed by atoms with E-state index in [-0.39, 0.29) is 5.75 Å². The van der Waals surface area contributed by atoms with E-state index in [0.29, 0.717) is 17.7 Å². The van der Waals surface area contributed by atoms with Crippen LogP contribution in [0, 0.1) is 5.82 Å². The van der Waals surface area contributed by atoms with E-state index in [4.69, 9.17) is 16.3 Å². The summed E-state index contributed by atoms with van der Waals surface area (Å²) in [6, 6.07) is 7.14. The highest BCUT2D eigenvalue weighted by Crippen LogP contribution is 2.38. The van der Waals surface area contributed by atoms with Crippen LogP contribution in [0.15, 0.2) is 41.6 Å². The molecular weight excluding hydrogens is 338 g/mol. The van der Waals surface area contributed by atoms with E-state index in [1.165, 1.54) is 25.5 Å². The normalized spacial score (nSPS) is 11.7. The van der Waals surface area contributed by atoms with Gasteiger partial charge in [-0.15, -0.1) is 0 Å². The van der Waals surface area contributed by atoms with E-state index >= 15 is 0 Å². The minimum atomic E-state index is -4.69. The highest BCUT2D eigenvalue weighted by Gasteiger charge is 2.32. The third-order valence-corrected chi connectivity index (χ3v) is 3.01. The number of ether oxygens (including phenoxy) is 1. The highest BCUT2D eigenvalue weighted by molar-refractivity contribution is 6.32. The first-order valence-corrected chi connectivity index (χ1v) is 6.59. The summed E-state index contributed by atoms with van der Waals surface area (Å²) in [6.45, 7) is 0. The fourth-order valence-corrected chi connectivity index (χ4v) is 1.92. The lowest BCUT2D eigenvalue weighted by Crippen LogP contribution is -2.06. The summed E-state index contributed by atoms with van der Waals surface area (Å²) in [5, 5.41) is 3.09. The molecule has 122 valence electrons. The summed E-state index contributed by atoms with van der Waals surface area (Å²) in [5.41, 5.74) is -0.489. The van der Waals surface area contributed by atoms with Crippen LogP contribution in [0.1, 0.15) is 11.1 Å². The molecule has 0 atom stereocenters. The average molecular weight is 348 g/mol. The highest BCUT2D eigenvalue weighted by atomic mass is 35.5. The summed E-state index contributed by atoms with van der Waals surface area (Å²) < 4.78 is 56.7. The van der Waals surface area contributed by atoms with E-state index in [1.807, 2.05) is 0 Å². The van der Waals surface area contributed by atoms with Gasteiger partial charge in [-0.25, -0.2) is 4.39 Å². The molecular formula is C15H10ClF4NO2. The number of hydrogen-bond acceptors (Lipinski definition) is 3. The third kappa shape index (κ3) is 4.35. The molecule has 2 aromatic rings. The van der Waals surface area contributed by atoms with Crippen LogP contribution in [-0.4, -0.2) is 13.3 Å². The number of benzene rings is 2. The zero-order valence-corrected chi connectivity index (χ0v) is 12.5. The minimum absolute atomic E-state index is 0.208. The fraction of sp³-hybridized carbons (Fsp3) is 0.133. The van der Waals surface area contributed by atoms with E-state index < -0.39 is 28.3 Å². The van der Waals surface area contributed by atoms with Crippen molar-refractivity contribution >= 4 is 17.8 Å². The first kappa shape index (κ1) is 17.1. The predicted molar refractivity (Wildman–Crippen MR) is 77.5 cm³/mol. The molecule has 8 heteroatoms. The quantitative estimate of drug-likeness (QED) is 0.428. The second-order valence-electron chi connectivity index (χ2n) is 4.35. The summed E-state index contributed by atoms with van der Waals surface area (Å²) in [4.78, 5) is 4.52. The van der Waals surface area contributed by atoms with Crippen LogP contribution in [0.2, 0.25) is 5.02 Å². The Hall–Kier alpha value is -2.28. The van der Waals surface area contributed by atoms with E-state index in [1.54, 1.807) is 12.1 Å². The zero-order chi connectivity index (χ0) is 17.0. The molecule has 2 aromatic carbocycles. The summed E-state index contributed by atoms with van der Waals surface area (Å²) in [7, 11) is 1.39. The van der Waals surface area contributed by atoms with E-state index in [2.05, 4.69) is 9.99 Å². The summed E-state index contributed by atoms with van der Waals surface area (Å²) in [5.74, 6) is -1.46. The van der Waals surface area contributed by atoms with Gasteiger partial charge in [0.1, 0.15) is 12.9 Å². The van der Waals surface area contributed by atoms with Crippen molar-refractivity contribution in [2.45, 2.75) is 6.18 Å². The molecule has 0 aliphatic rings. The van der Waals surface area contributed by atoms with Crippen LogP contribution in [-0.2, 0) is 11.0 Å². The predicted octanol–water partition coefficient (Wildman–Crippen LogP) is 5.27. The van der Waals surface area contributed by atoms with Crippen LogP contribution in [0.4, 0.5) is 17.6 Å². The molecule has 0 radical (unpaired) electrons. The molecule has 2 rings (SSSR count). The van der Waals surface area contributed by atoms with Crippen LogP contribution in [0.3, 0.4) is 0 Å². The van der Waals surface area contributed by atoms with Gasteiger partial charge in [0.15, 0.2) is 11.6 Å². The SMILES string of the molecule is CON=Cc1ccc(Oc2c(F)cc(C(F)(F)F)cc2Cl)cc1. The number of hydrogen-bond donors (Lipinski definition) is 0. The number of rotatable bonds is 4. The maximum atomic E-state index is 13.8. The second kappa shape index (κ2) is 6.87. The number of alkyl halides is 3. The summed E-state index contributed by atoms with van der Waals surface area (Å²) >= 11 is 5.69. The van der Waals surface area contributed by atoms with Gasteiger partial charge in [-0.05, 0) is 42.0 Å². The van der Waals surface area contributed by atoms with E-state index in [0.717, 1.165) is 0 Å². The van der Waals surface area contributed by atoms with Crippen LogP contribution in [0.5, 0.6) is 11.5 Å². The van der Waals surface area contributed by atoms with E-state index in [9.17, 15) is 17.6 Å². The van der Waals surface area contributed by atoms with Crippen molar-refractivity contribution < 1.29 is 27.1 Å². The molecule has 3 nitrogen and oxygen atoms in total. The number of halogens is 5. The van der Waals surface area contributed by atoms with Crippen LogP contribution >= 0.6 is 11.6 Å². The Kier molecular flexibility index (Phi) is 5.10. The molecule has 0 bridgehead atoms. The molecule has 0 aliphatic heterocycles. The Morgan fingerprint density at radius 1 is 1.13 bits per heavy atom. The molecule has 0 unspecified atom stereocenters. The Morgan fingerprint density at radius 2 is 1.78 bits per heavy atom. The lowest BCUT2D eigenvalue weighted by molar-refractivity contribution is -0.137. The lowest BCUT2D eigenvalue weighted by Gasteiger charge is -2.12. The Bertz CT molecular complexity index is 691. The van der Waals surface area contributed by atoms with Crippen molar-refractivity contribution in [1.29, 1.82) is 0 Å². The molecule has 0 fully saturated rings. The van der Waals surface area contributed by atoms with Crippen molar-refractivity contribution in [2.24, 2.45) is 5.16 Å². The lowest BCUT2D eigenvalue weighted by atomic mass is 10.2. The maximum absolute atomic E-state index is 13.8. The minimum Gasteiger partial charge on any atom is -0.453 e. The molecule has 0 saturated heterocycles. The first-order valence-electron chi connectivity index (χ1n) is 6.22. The van der Waals surface area contributed by atoms with Gasteiger partial charge in [-0.2, -0.15) is 13.2 Å². The Balaban J connectivity index is 2.25. The van der Waals surface area contributed by atoms with Gasteiger partial charge in [0.05, 0.1) is 16.8 Å². The smallest absolute Gasteiger partial charge is 0.416 e. The fourth-order valence-electron chi connectivity index (χ4n) is 1.67. The van der Waals surface area contributed by atoms with Gasteiger partial charge in [0.2, 0.25) is 0 Å². The van der Waals surface area contributed by atoms with Gasteiger partial charge < -0.3 is 9.57 Å². The molecule has 23 heavy (non-hydrogen) atoms. The number of nitrogens with zero attached hydrogens (tertiary/aromatic N) is 1. The maximum Gasteiger partial charge on any atom is 0.416 e.